The van der Waals surface area contributed by atoms with Gasteiger partial charge in [0.05, 0.1) is 23.4 Å². The fourth-order valence-electron chi connectivity index (χ4n) is 3.35. The molecule has 13 heteroatoms. The standard InChI is InChI=1S/C22H19BrClN3O6S2/c1-34(29,30)27-13-21(33-20-11-4-15(24)12-19(20)27)22(28)25-16-7-9-18(10-8-16)35(31,32)26-17-5-2-14(23)3-6-17/h2-12,21,26H,13H2,1H3,(H,25,28)/t21-/m1/s1. The van der Waals surface area contributed by atoms with Crippen molar-refractivity contribution < 1.29 is 26.4 Å². The Hall–Kier alpha value is -2.80. The van der Waals surface area contributed by atoms with Gasteiger partial charge in [-0.25, -0.2) is 16.8 Å². The molecule has 3 aromatic rings. The van der Waals surface area contributed by atoms with E-state index in [0.717, 1.165) is 15.0 Å². The van der Waals surface area contributed by atoms with Gasteiger partial charge < -0.3 is 10.1 Å². The van der Waals surface area contributed by atoms with Crippen LogP contribution in [0.3, 0.4) is 0 Å². The average molecular weight is 601 g/mol. The number of hydrogen-bond acceptors (Lipinski definition) is 6. The Labute approximate surface area is 216 Å². The number of halogens is 2. The third-order valence-corrected chi connectivity index (χ3v) is 8.32. The SMILES string of the molecule is CS(=O)(=O)N1C[C@H](C(=O)Nc2ccc(S(=O)(=O)Nc3ccc(Br)cc3)cc2)Oc2ccc(Cl)cc21. The van der Waals surface area contributed by atoms with Crippen LogP contribution >= 0.6 is 27.5 Å². The molecule has 1 aliphatic rings. The molecule has 0 saturated heterocycles. The smallest absolute Gasteiger partial charge is 0.267 e. The monoisotopic (exact) mass is 599 g/mol. The molecule has 0 aromatic heterocycles. The van der Waals surface area contributed by atoms with E-state index >= 15 is 0 Å². The highest BCUT2D eigenvalue weighted by Gasteiger charge is 2.35. The van der Waals surface area contributed by atoms with Crippen molar-refractivity contribution in [2.45, 2.75) is 11.0 Å². The zero-order chi connectivity index (χ0) is 25.4. The van der Waals surface area contributed by atoms with Gasteiger partial charge >= 0.3 is 0 Å². The Morgan fingerprint density at radius 1 is 1.00 bits per heavy atom. The lowest BCUT2D eigenvalue weighted by Gasteiger charge is -2.34. The highest BCUT2D eigenvalue weighted by molar-refractivity contribution is 9.10. The van der Waals surface area contributed by atoms with Gasteiger partial charge in [-0.3, -0.25) is 13.8 Å². The molecule has 4 rings (SSSR count). The van der Waals surface area contributed by atoms with Crippen LogP contribution < -0.4 is 19.1 Å². The molecule has 0 aliphatic carbocycles. The third kappa shape index (κ3) is 5.89. The van der Waals surface area contributed by atoms with Crippen molar-refractivity contribution in [1.82, 2.24) is 0 Å². The average Bonchev–Trinajstić information content (AvgIpc) is 2.79. The van der Waals surface area contributed by atoms with Crippen LogP contribution in [0.2, 0.25) is 5.02 Å². The topological polar surface area (TPSA) is 122 Å². The zero-order valence-electron chi connectivity index (χ0n) is 18.1. The number of carbonyl (C=O) groups excluding carboxylic acids is 1. The van der Waals surface area contributed by atoms with Gasteiger partial charge in [0.1, 0.15) is 5.75 Å². The van der Waals surface area contributed by atoms with Crippen LogP contribution in [0.15, 0.2) is 76.1 Å². The number of nitrogens with zero attached hydrogens (tertiary/aromatic N) is 1. The van der Waals surface area contributed by atoms with Crippen LogP contribution in [0, 0.1) is 0 Å². The molecule has 3 aromatic carbocycles. The Balaban J connectivity index is 1.48. The predicted molar refractivity (Wildman–Crippen MR) is 138 cm³/mol. The third-order valence-electron chi connectivity index (χ3n) is 5.01. The van der Waals surface area contributed by atoms with Crippen LogP contribution in [0.1, 0.15) is 0 Å². The number of hydrogen-bond donors (Lipinski definition) is 2. The number of anilines is 3. The van der Waals surface area contributed by atoms with Gasteiger partial charge in [0.15, 0.2) is 6.10 Å². The van der Waals surface area contributed by atoms with Gasteiger partial charge in [-0.2, -0.15) is 0 Å². The normalized spacial score (nSPS) is 15.6. The number of rotatable bonds is 6. The molecule has 0 spiro atoms. The first-order valence-corrected chi connectivity index (χ1v) is 14.6. The fraction of sp³-hybridized carbons (Fsp3) is 0.136. The molecule has 1 amide bonds. The zero-order valence-corrected chi connectivity index (χ0v) is 22.1. The molecule has 0 bridgehead atoms. The summed E-state index contributed by atoms with van der Waals surface area (Å²) in [5, 5.41) is 2.96. The summed E-state index contributed by atoms with van der Waals surface area (Å²) in [7, 11) is -7.55. The number of fused-ring (bicyclic) bond motifs is 1. The van der Waals surface area contributed by atoms with E-state index in [9.17, 15) is 21.6 Å². The molecular formula is C22H19BrClN3O6S2. The number of amides is 1. The number of nitrogens with one attached hydrogen (secondary N) is 2. The maximum absolute atomic E-state index is 12.8. The summed E-state index contributed by atoms with van der Waals surface area (Å²) < 4.78 is 59.9. The second-order valence-corrected chi connectivity index (χ2v) is 12.6. The van der Waals surface area contributed by atoms with E-state index in [-0.39, 0.29) is 22.9 Å². The summed E-state index contributed by atoms with van der Waals surface area (Å²) in [5.41, 5.74) is 0.961. The van der Waals surface area contributed by atoms with Gasteiger partial charge in [-0.15, -0.1) is 0 Å². The van der Waals surface area contributed by atoms with E-state index < -0.39 is 32.1 Å². The first kappa shape index (κ1) is 25.3. The minimum absolute atomic E-state index is 0.00129. The largest absolute Gasteiger partial charge is 0.476 e. The summed E-state index contributed by atoms with van der Waals surface area (Å²) in [6.45, 7) is -0.248. The van der Waals surface area contributed by atoms with Gasteiger partial charge in [0, 0.05) is 20.9 Å². The van der Waals surface area contributed by atoms with E-state index in [2.05, 4.69) is 26.0 Å². The molecule has 1 aliphatic heterocycles. The maximum Gasteiger partial charge on any atom is 0.267 e. The van der Waals surface area contributed by atoms with Crippen LogP contribution in [-0.4, -0.2) is 41.6 Å². The summed E-state index contributed by atoms with van der Waals surface area (Å²) >= 11 is 9.28. The van der Waals surface area contributed by atoms with E-state index in [1.807, 2.05) is 0 Å². The van der Waals surface area contributed by atoms with Gasteiger partial charge in [-0.05, 0) is 66.7 Å². The van der Waals surface area contributed by atoms with Crippen molar-refractivity contribution >= 4 is 70.5 Å². The van der Waals surface area contributed by atoms with E-state index in [4.69, 9.17) is 16.3 Å². The number of sulfonamides is 2. The lowest BCUT2D eigenvalue weighted by molar-refractivity contribution is -0.122. The van der Waals surface area contributed by atoms with Crippen molar-refractivity contribution in [2.75, 3.05) is 27.1 Å². The lowest BCUT2D eigenvalue weighted by Crippen LogP contribution is -2.48. The summed E-state index contributed by atoms with van der Waals surface area (Å²) in [4.78, 5) is 12.9. The van der Waals surface area contributed by atoms with Crippen molar-refractivity contribution in [3.63, 3.8) is 0 Å². The highest BCUT2D eigenvalue weighted by atomic mass is 79.9. The highest BCUT2D eigenvalue weighted by Crippen LogP contribution is 2.37. The minimum atomic E-state index is -3.84. The second-order valence-electron chi connectivity index (χ2n) is 7.64. The summed E-state index contributed by atoms with van der Waals surface area (Å²) in [6, 6.07) is 16.7. The molecule has 2 N–H and O–H groups in total. The van der Waals surface area contributed by atoms with E-state index in [1.54, 1.807) is 24.3 Å². The Morgan fingerprint density at radius 3 is 2.26 bits per heavy atom. The second kappa shape index (κ2) is 9.69. The number of carbonyl (C=O) groups is 1. The van der Waals surface area contributed by atoms with Gasteiger partial charge in [0.25, 0.3) is 15.9 Å². The Morgan fingerprint density at radius 2 is 1.63 bits per heavy atom. The number of benzene rings is 3. The molecule has 0 radical (unpaired) electrons. The molecular weight excluding hydrogens is 582 g/mol. The summed E-state index contributed by atoms with van der Waals surface area (Å²) in [6.07, 6.45) is -0.111. The lowest BCUT2D eigenvalue weighted by atomic mass is 10.2. The van der Waals surface area contributed by atoms with Crippen LogP contribution in [0.5, 0.6) is 5.75 Å². The Bertz CT molecular complexity index is 1480. The van der Waals surface area contributed by atoms with Gasteiger partial charge in [0.2, 0.25) is 10.0 Å². The molecule has 1 atom stereocenters. The minimum Gasteiger partial charge on any atom is -0.476 e. The maximum atomic E-state index is 12.8. The fourth-order valence-corrected chi connectivity index (χ4v) is 5.74. The quantitative estimate of drug-likeness (QED) is 0.440. The first-order chi connectivity index (χ1) is 16.4. The van der Waals surface area contributed by atoms with Crippen LogP contribution in [-0.2, 0) is 24.8 Å². The molecule has 0 unspecified atom stereocenters. The van der Waals surface area contributed by atoms with Crippen LogP contribution in [0.25, 0.3) is 0 Å². The van der Waals surface area contributed by atoms with Crippen molar-refractivity contribution in [2.24, 2.45) is 0 Å². The predicted octanol–water partition coefficient (Wildman–Crippen LogP) is 4.07. The van der Waals surface area contributed by atoms with Crippen LogP contribution in [0.4, 0.5) is 17.1 Å². The van der Waals surface area contributed by atoms with E-state index in [0.29, 0.717) is 16.4 Å². The molecule has 9 nitrogen and oxygen atoms in total. The van der Waals surface area contributed by atoms with E-state index in [1.165, 1.54) is 42.5 Å². The van der Waals surface area contributed by atoms with Crippen molar-refractivity contribution in [3.05, 3.63) is 76.2 Å². The molecule has 1 heterocycles. The molecule has 184 valence electrons. The van der Waals surface area contributed by atoms with Crippen molar-refractivity contribution in [3.8, 4) is 5.75 Å². The number of ether oxygens (including phenoxy) is 1. The molecule has 0 fully saturated rings. The molecule has 0 saturated carbocycles. The first-order valence-electron chi connectivity index (χ1n) is 10.1. The van der Waals surface area contributed by atoms with Gasteiger partial charge in [-0.1, -0.05) is 27.5 Å². The summed E-state index contributed by atoms with van der Waals surface area (Å²) in [5.74, 6) is -0.394. The molecule has 35 heavy (non-hydrogen) atoms. The Kier molecular flexibility index (Phi) is 7.00. The van der Waals surface area contributed by atoms with Crippen molar-refractivity contribution in [1.29, 1.82) is 0 Å².